The third kappa shape index (κ3) is 3.15. The van der Waals surface area contributed by atoms with Crippen molar-refractivity contribution in [2.45, 2.75) is 27.7 Å². The number of benzene rings is 1. The largest absolute Gasteiger partial charge is 0.496 e. The molecule has 0 aliphatic carbocycles. The lowest BCUT2D eigenvalue weighted by atomic mass is 9.95. The van der Waals surface area contributed by atoms with Crippen LogP contribution in [0.15, 0.2) is 12.1 Å². The second-order valence-electron chi connectivity index (χ2n) is 5.23. The minimum absolute atomic E-state index is 0.0632. The van der Waals surface area contributed by atoms with E-state index in [1.807, 2.05) is 33.8 Å². The molecule has 4 heteroatoms. The van der Waals surface area contributed by atoms with Crippen molar-refractivity contribution in [3.8, 4) is 11.5 Å². The van der Waals surface area contributed by atoms with E-state index in [4.69, 9.17) is 9.47 Å². The average molecular weight is 251 g/mol. The van der Waals surface area contributed by atoms with Crippen molar-refractivity contribution in [1.82, 2.24) is 0 Å². The molecule has 1 amide bonds. The number of amides is 1. The van der Waals surface area contributed by atoms with Crippen molar-refractivity contribution < 1.29 is 14.3 Å². The molecule has 0 saturated carbocycles. The number of hydrogen-bond acceptors (Lipinski definition) is 3. The zero-order valence-electron chi connectivity index (χ0n) is 11.9. The number of nitrogens with one attached hydrogen (secondary N) is 1. The molecule has 0 aliphatic rings. The van der Waals surface area contributed by atoms with Crippen LogP contribution in [0.5, 0.6) is 11.5 Å². The van der Waals surface area contributed by atoms with E-state index in [-0.39, 0.29) is 5.91 Å². The highest BCUT2D eigenvalue weighted by atomic mass is 16.5. The Balaban J connectivity index is 3.11. The number of rotatable bonds is 3. The second kappa shape index (κ2) is 5.29. The van der Waals surface area contributed by atoms with Crippen LogP contribution in [0.25, 0.3) is 0 Å². The minimum atomic E-state index is -0.455. The van der Waals surface area contributed by atoms with Gasteiger partial charge >= 0.3 is 0 Å². The van der Waals surface area contributed by atoms with Crippen LogP contribution in [-0.4, -0.2) is 20.1 Å². The lowest BCUT2D eigenvalue weighted by Crippen LogP contribution is -2.27. The van der Waals surface area contributed by atoms with Crippen molar-refractivity contribution >= 4 is 11.6 Å². The number of ether oxygens (including phenoxy) is 2. The smallest absolute Gasteiger partial charge is 0.229 e. The number of methoxy groups -OCH3 is 2. The Hall–Kier alpha value is -1.71. The summed E-state index contributed by atoms with van der Waals surface area (Å²) >= 11 is 0. The van der Waals surface area contributed by atoms with Crippen molar-refractivity contribution in [2.24, 2.45) is 5.41 Å². The average Bonchev–Trinajstić information content (AvgIpc) is 2.29. The van der Waals surface area contributed by atoms with Gasteiger partial charge in [0.15, 0.2) is 0 Å². The van der Waals surface area contributed by atoms with Gasteiger partial charge in [0.25, 0.3) is 0 Å². The zero-order chi connectivity index (χ0) is 13.9. The van der Waals surface area contributed by atoms with Gasteiger partial charge in [-0.25, -0.2) is 0 Å². The van der Waals surface area contributed by atoms with Gasteiger partial charge < -0.3 is 14.8 Å². The first-order valence-corrected chi connectivity index (χ1v) is 5.83. The monoisotopic (exact) mass is 251 g/mol. The minimum Gasteiger partial charge on any atom is -0.496 e. The lowest BCUT2D eigenvalue weighted by molar-refractivity contribution is -0.123. The molecule has 0 spiro atoms. The van der Waals surface area contributed by atoms with Gasteiger partial charge in [-0.3, -0.25) is 4.79 Å². The van der Waals surface area contributed by atoms with E-state index < -0.39 is 5.41 Å². The molecule has 0 bridgehead atoms. The highest BCUT2D eigenvalue weighted by Gasteiger charge is 2.22. The van der Waals surface area contributed by atoms with Crippen LogP contribution in [0.3, 0.4) is 0 Å². The topological polar surface area (TPSA) is 47.6 Å². The van der Waals surface area contributed by atoms with Gasteiger partial charge in [-0.05, 0) is 18.6 Å². The van der Waals surface area contributed by atoms with E-state index in [0.717, 1.165) is 11.3 Å². The van der Waals surface area contributed by atoms with Gasteiger partial charge in [0.05, 0.1) is 19.9 Å². The second-order valence-corrected chi connectivity index (χ2v) is 5.23. The first-order chi connectivity index (χ1) is 8.29. The quantitative estimate of drug-likeness (QED) is 0.898. The third-order valence-corrected chi connectivity index (χ3v) is 2.65. The van der Waals surface area contributed by atoms with Crippen LogP contribution in [0, 0.1) is 12.3 Å². The third-order valence-electron chi connectivity index (χ3n) is 2.65. The fourth-order valence-electron chi connectivity index (χ4n) is 1.46. The van der Waals surface area contributed by atoms with E-state index in [1.165, 1.54) is 0 Å². The number of aryl methyl sites for hydroxylation is 1. The Bertz CT molecular complexity index is 447. The molecule has 0 unspecified atom stereocenters. The number of anilines is 1. The van der Waals surface area contributed by atoms with Crippen LogP contribution < -0.4 is 14.8 Å². The highest BCUT2D eigenvalue weighted by Crippen LogP contribution is 2.33. The normalized spacial score (nSPS) is 11.0. The van der Waals surface area contributed by atoms with Crippen LogP contribution in [-0.2, 0) is 4.79 Å². The fourth-order valence-corrected chi connectivity index (χ4v) is 1.46. The SMILES string of the molecule is COc1cc(NC(=O)C(C)(C)C)c(OC)cc1C. The Labute approximate surface area is 108 Å². The molecular formula is C14H21NO3. The van der Waals surface area contributed by atoms with Crippen LogP contribution >= 0.6 is 0 Å². The standard InChI is InChI=1S/C14H21NO3/c1-9-7-12(18-6)10(8-11(9)17-5)15-13(16)14(2,3)4/h7-8H,1-6H3,(H,15,16). The molecule has 0 atom stereocenters. The predicted molar refractivity (Wildman–Crippen MR) is 72.4 cm³/mol. The maximum absolute atomic E-state index is 12.0. The van der Waals surface area contributed by atoms with Crippen LogP contribution in [0.4, 0.5) is 5.69 Å². The summed E-state index contributed by atoms with van der Waals surface area (Å²) in [6.45, 7) is 7.51. The molecule has 4 nitrogen and oxygen atoms in total. The van der Waals surface area contributed by atoms with Gasteiger partial charge in [0.2, 0.25) is 5.91 Å². The summed E-state index contributed by atoms with van der Waals surface area (Å²) in [5, 5.41) is 2.86. The summed E-state index contributed by atoms with van der Waals surface area (Å²) in [5.74, 6) is 1.29. The van der Waals surface area contributed by atoms with E-state index in [2.05, 4.69) is 5.32 Å². The summed E-state index contributed by atoms with van der Waals surface area (Å²) < 4.78 is 10.5. The molecule has 0 aliphatic heterocycles. The van der Waals surface area contributed by atoms with Crippen molar-refractivity contribution in [1.29, 1.82) is 0 Å². The summed E-state index contributed by atoms with van der Waals surface area (Å²) in [5.41, 5.74) is 1.13. The first kappa shape index (κ1) is 14.4. The maximum Gasteiger partial charge on any atom is 0.229 e. The first-order valence-electron chi connectivity index (χ1n) is 5.83. The summed E-state index contributed by atoms with van der Waals surface area (Å²) in [6, 6.07) is 3.62. The Morgan fingerprint density at radius 1 is 1.11 bits per heavy atom. The molecule has 0 saturated heterocycles. The predicted octanol–water partition coefficient (Wildman–Crippen LogP) is 3.00. The molecule has 18 heavy (non-hydrogen) atoms. The Morgan fingerprint density at radius 2 is 1.67 bits per heavy atom. The van der Waals surface area contributed by atoms with E-state index in [9.17, 15) is 4.79 Å². The summed E-state index contributed by atoms with van der Waals surface area (Å²) in [4.78, 5) is 12.0. The molecule has 1 N–H and O–H groups in total. The van der Waals surface area contributed by atoms with Crippen molar-refractivity contribution in [2.75, 3.05) is 19.5 Å². The fraction of sp³-hybridized carbons (Fsp3) is 0.500. The molecule has 100 valence electrons. The van der Waals surface area contributed by atoms with Crippen LogP contribution in [0.2, 0.25) is 0 Å². The zero-order valence-corrected chi connectivity index (χ0v) is 11.9. The molecule has 0 fully saturated rings. The van der Waals surface area contributed by atoms with Gasteiger partial charge in [-0.15, -0.1) is 0 Å². The van der Waals surface area contributed by atoms with E-state index in [1.54, 1.807) is 20.3 Å². The molecule has 1 rings (SSSR count). The lowest BCUT2D eigenvalue weighted by Gasteiger charge is -2.20. The van der Waals surface area contributed by atoms with Gasteiger partial charge in [-0.2, -0.15) is 0 Å². The number of carbonyl (C=O) groups is 1. The molecule has 1 aromatic rings. The Morgan fingerprint density at radius 3 is 2.11 bits per heavy atom. The molecular weight excluding hydrogens is 230 g/mol. The Kier molecular flexibility index (Phi) is 4.22. The maximum atomic E-state index is 12.0. The van der Waals surface area contributed by atoms with Crippen molar-refractivity contribution in [3.63, 3.8) is 0 Å². The molecule has 0 radical (unpaired) electrons. The van der Waals surface area contributed by atoms with E-state index >= 15 is 0 Å². The molecule has 1 aromatic carbocycles. The molecule has 0 aromatic heterocycles. The summed E-state index contributed by atoms with van der Waals surface area (Å²) in [7, 11) is 3.18. The summed E-state index contributed by atoms with van der Waals surface area (Å²) in [6.07, 6.45) is 0. The highest BCUT2D eigenvalue weighted by molar-refractivity contribution is 5.96. The van der Waals surface area contributed by atoms with Gasteiger partial charge in [0, 0.05) is 11.5 Å². The number of carbonyl (C=O) groups excluding carboxylic acids is 1. The van der Waals surface area contributed by atoms with Gasteiger partial charge in [-0.1, -0.05) is 20.8 Å². The molecule has 0 heterocycles. The van der Waals surface area contributed by atoms with E-state index in [0.29, 0.717) is 11.4 Å². The number of hydrogen-bond donors (Lipinski definition) is 1. The van der Waals surface area contributed by atoms with Crippen LogP contribution in [0.1, 0.15) is 26.3 Å². The van der Waals surface area contributed by atoms with Crippen molar-refractivity contribution in [3.05, 3.63) is 17.7 Å². The van der Waals surface area contributed by atoms with Gasteiger partial charge in [0.1, 0.15) is 11.5 Å².